The van der Waals surface area contributed by atoms with E-state index < -0.39 is 5.60 Å². The highest BCUT2D eigenvalue weighted by atomic mass is 35.5. The van der Waals surface area contributed by atoms with Crippen LogP contribution < -0.4 is 0 Å². The third kappa shape index (κ3) is 4.32. The number of aliphatic hydroxyl groups is 1. The molecule has 2 aromatic rings. The standard InChI is InChI=1S/C22H21ClN2O2/c23-18-5-3-4-17(14-18)7-8-20-16-22(27-25-20)11-9-21(26,10-12-22)15-19-6-1-2-13-24-19/h1-6,13-14,26H,9-12,15-16H2. The Balaban J connectivity index is 1.36. The lowest BCUT2D eigenvalue weighted by molar-refractivity contribution is -0.102. The van der Waals surface area contributed by atoms with Crippen LogP contribution in [0.15, 0.2) is 53.8 Å². The summed E-state index contributed by atoms with van der Waals surface area (Å²) < 4.78 is 0. The Hall–Kier alpha value is -2.35. The third-order valence-corrected chi connectivity index (χ3v) is 5.58. The second-order valence-corrected chi connectivity index (χ2v) is 7.91. The summed E-state index contributed by atoms with van der Waals surface area (Å²) in [6.45, 7) is 0. The van der Waals surface area contributed by atoms with Gasteiger partial charge in [-0.1, -0.05) is 34.8 Å². The van der Waals surface area contributed by atoms with Gasteiger partial charge in [-0.2, -0.15) is 0 Å². The maximum absolute atomic E-state index is 10.9. The second-order valence-electron chi connectivity index (χ2n) is 7.47. The van der Waals surface area contributed by atoms with Gasteiger partial charge in [-0.25, -0.2) is 0 Å². The topological polar surface area (TPSA) is 54.7 Å². The van der Waals surface area contributed by atoms with E-state index in [1.165, 1.54) is 0 Å². The number of oxime groups is 1. The normalized spacial score (nSPS) is 26.8. The molecule has 138 valence electrons. The highest BCUT2D eigenvalue weighted by molar-refractivity contribution is 6.30. The Morgan fingerprint density at radius 2 is 1.93 bits per heavy atom. The summed E-state index contributed by atoms with van der Waals surface area (Å²) in [7, 11) is 0. The number of halogens is 1. The number of benzene rings is 1. The number of rotatable bonds is 2. The zero-order valence-corrected chi connectivity index (χ0v) is 15.7. The second kappa shape index (κ2) is 7.34. The fourth-order valence-electron chi connectivity index (χ4n) is 3.75. The van der Waals surface area contributed by atoms with Crippen LogP contribution in [0.2, 0.25) is 5.02 Å². The van der Waals surface area contributed by atoms with Crippen LogP contribution in [-0.2, 0) is 11.3 Å². The van der Waals surface area contributed by atoms with Crippen molar-refractivity contribution in [2.24, 2.45) is 5.16 Å². The van der Waals surface area contributed by atoms with Gasteiger partial charge in [0.25, 0.3) is 0 Å². The Morgan fingerprint density at radius 3 is 2.67 bits per heavy atom. The molecule has 0 unspecified atom stereocenters. The lowest BCUT2D eigenvalue weighted by atomic mass is 9.72. The third-order valence-electron chi connectivity index (χ3n) is 5.34. The van der Waals surface area contributed by atoms with E-state index in [1.54, 1.807) is 6.20 Å². The summed E-state index contributed by atoms with van der Waals surface area (Å²) in [4.78, 5) is 10.1. The zero-order chi connectivity index (χ0) is 18.7. The monoisotopic (exact) mass is 380 g/mol. The van der Waals surface area contributed by atoms with Gasteiger partial charge in [0.2, 0.25) is 0 Å². The van der Waals surface area contributed by atoms with Crippen LogP contribution in [0.3, 0.4) is 0 Å². The molecular weight excluding hydrogens is 360 g/mol. The van der Waals surface area contributed by atoms with Gasteiger partial charge in [0.1, 0.15) is 11.3 Å². The molecule has 5 heteroatoms. The lowest BCUT2D eigenvalue weighted by Gasteiger charge is -2.40. The van der Waals surface area contributed by atoms with E-state index in [-0.39, 0.29) is 5.60 Å². The Kier molecular flexibility index (Phi) is 4.90. The molecule has 1 N–H and O–H groups in total. The van der Waals surface area contributed by atoms with Crippen molar-refractivity contribution in [2.75, 3.05) is 0 Å². The molecule has 1 aliphatic carbocycles. The molecule has 0 radical (unpaired) electrons. The SMILES string of the molecule is OC1(Cc2ccccn2)CCC2(CC1)CC(C#Cc1cccc(Cl)c1)=NO2. The molecule has 0 saturated heterocycles. The van der Waals surface area contributed by atoms with Crippen LogP contribution in [0.4, 0.5) is 0 Å². The number of nitrogens with zero attached hydrogens (tertiary/aromatic N) is 2. The molecular formula is C22H21ClN2O2. The van der Waals surface area contributed by atoms with Crippen molar-refractivity contribution in [3.63, 3.8) is 0 Å². The van der Waals surface area contributed by atoms with Crippen molar-refractivity contribution < 1.29 is 9.94 Å². The van der Waals surface area contributed by atoms with Crippen molar-refractivity contribution in [3.8, 4) is 11.8 Å². The fourth-order valence-corrected chi connectivity index (χ4v) is 3.95. The Bertz CT molecular complexity index is 907. The van der Waals surface area contributed by atoms with Crippen molar-refractivity contribution in [1.82, 2.24) is 4.98 Å². The van der Waals surface area contributed by atoms with Gasteiger partial charge in [-0.05, 0) is 61.9 Å². The maximum atomic E-state index is 10.9. The number of pyridine rings is 1. The number of aromatic nitrogens is 1. The van der Waals surface area contributed by atoms with Crippen LogP contribution in [0.25, 0.3) is 0 Å². The Morgan fingerprint density at radius 1 is 1.07 bits per heavy atom. The van der Waals surface area contributed by atoms with E-state index in [9.17, 15) is 5.11 Å². The summed E-state index contributed by atoms with van der Waals surface area (Å²) in [5.41, 5.74) is 1.49. The molecule has 0 atom stereocenters. The van der Waals surface area contributed by atoms with E-state index in [2.05, 4.69) is 22.0 Å². The fraction of sp³-hybridized carbons (Fsp3) is 0.364. The van der Waals surface area contributed by atoms with Crippen LogP contribution in [0, 0.1) is 11.8 Å². The minimum atomic E-state index is -0.724. The first kappa shape index (κ1) is 18.0. The molecule has 1 aromatic heterocycles. The summed E-state index contributed by atoms with van der Waals surface area (Å²) in [6.07, 6.45) is 5.92. The molecule has 2 heterocycles. The van der Waals surface area contributed by atoms with E-state index in [0.717, 1.165) is 29.8 Å². The van der Waals surface area contributed by atoms with Gasteiger partial charge in [-0.3, -0.25) is 4.98 Å². The van der Waals surface area contributed by atoms with Crippen molar-refractivity contribution in [2.45, 2.75) is 49.7 Å². The van der Waals surface area contributed by atoms with E-state index in [1.807, 2.05) is 42.5 Å². The first-order valence-corrected chi connectivity index (χ1v) is 9.57. The molecule has 27 heavy (non-hydrogen) atoms. The van der Waals surface area contributed by atoms with Crippen LogP contribution >= 0.6 is 11.6 Å². The molecule has 0 amide bonds. The molecule has 1 fully saturated rings. The van der Waals surface area contributed by atoms with Gasteiger partial charge in [0.05, 0.1) is 5.60 Å². The molecule has 4 nitrogen and oxygen atoms in total. The summed E-state index contributed by atoms with van der Waals surface area (Å²) in [6, 6.07) is 13.3. The molecule has 1 saturated carbocycles. The summed E-state index contributed by atoms with van der Waals surface area (Å²) in [5.74, 6) is 6.20. The first-order valence-electron chi connectivity index (χ1n) is 9.19. The van der Waals surface area contributed by atoms with Crippen LogP contribution in [0.5, 0.6) is 0 Å². The van der Waals surface area contributed by atoms with Gasteiger partial charge in [0.15, 0.2) is 0 Å². The van der Waals surface area contributed by atoms with E-state index >= 15 is 0 Å². The average molecular weight is 381 g/mol. The predicted octanol–water partition coefficient (Wildman–Crippen LogP) is 4.15. The summed E-state index contributed by atoms with van der Waals surface area (Å²) in [5, 5.41) is 15.8. The zero-order valence-electron chi connectivity index (χ0n) is 15.0. The van der Waals surface area contributed by atoms with Gasteiger partial charge in [0, 0.05) is 35.3 Å². The highest BCUT2D eigenvalue weighted by Gasteiger charge is 2.46. The maximum Gasteiger partial charge on any atom is 0.144 e. The summed E-state index contributed by atoms with van der Waals surface area (Å²) >= 11 is 5.99. The first-order chi connectivity index (χ1) is 13.0. The molecule has 1 aliphatic heterocycles. The molecule has 4 rings (SSSR count). The molecule has 1 aromatic carbocycles. The minimum absolute atomic E-state index is 0.325. The quantitative estimate of drug-likeness (QED) is 0.796. The van der Waals surface area contributed by atoms with Gasteiger partial charge >= 0.3 is 0 Å². The number of hydrogen-bond donors (Lipinski definition) is 1. The Labute approximate surface area is 164 Å². The van der Waals surface area contributed by atoms with Crippen LogP contribution in [0.1, 0.15) is 43.4 Å². The van der Waals surface area contributed by atoms with Crippen molar-refractivity contribution in [1.29, 1.82) is 0 Å². The minimum Gasteiger partial charge on any atom is -0.389 e. The van der Waals surface area contributed by atoms with Gasteiger partial charge in [-0.15, -0.1) is 0 Å². The largest absolute Gasteiger partial charge is 0.389 e. The van der Waals surface area contributed by atoms with E-state index in [0.29, 0.717) is 30.7 Å². The number of hydrogen-bond acceptors (Lipinski definition) is 4. The highest BCUT2D eigenvalue weighted by Crippen LogP contribution is 2.43. The van der Waals surface area contributed by atoms with Crippen LogP contribution in [-0.4, -0.2) is 27.0 Å². The average Bonchev–Trinajstić information content (AvgIpc) is 3.07. The van der Waals surface area contributed by atoms with Crippen molar-refractivity contribution >= 4 is 17.3 Å². The molecule has 0 bridgehead atoms. The smallest absolute Gasteiger partial charge is 0.144 e. The predicted molar refractivity (Wildman–Crippen MR) is 106 cm³/mol. The molecule has 2 aliphatic rings. The molecule has 1 spiro atoms. The van der Waals surface area contributed by atoms with E-state index in [4.69, 9.17) is 16.4 Å². The van der Waals surface area contributed by atoms with Gasteiger partial charge < -0.3 is 9.94 Å². The lowest BCUT2D eigenvalue weighted by Crippen LogP contribution is -2.44. The van der Waals surface area contributed by atoms with Crippen molar-refractivity contribution in [3.05, 3.63) is 64.9 Å².